The van der Waals surface area contributed by atoms with Crippen molar-refractivity contribution < 1.29 is 23.9 Å². The van der Waals surface area contributed by atoms with Crippen LogP contribution in [0.3, 0.4) is 0 Å². The van der Waals surface area contributed by atoms with Crippen LogP contribution in [0.5, 0.6) is 11.5 Å². The smallest absolute Gasteiger partial charge is 0.322 e. The van der Waals surface area contributed by atoms with E-state index in [-0.39, 0.29) is 31.4 Å². The summed E-state index contributed by atoms with van der Waals surface area (Å²) in [6, 6.07) is 18.7. The normalized spacial score (nSPS) is 25.7. The monoisotopic (exact) mass is 788 g/mol. The fourth-order valence-electron chi connectivity index (χ4n) is 5.96. The molecule has 2 saturated heterocycles. The third kappa shape index (κ3) is 5.56. The number of carbonyl (C=O) groups is 3. The van der Waals surface area contributed by atoms with Crippen molar-refractivity contribution in [3.8, 4) is 11.5 Å². The molecular formula is C31H26Br2N4O5S3. The summed E-state index contributed by atoms with van der Waals surface area (Å²) in [5.74, 6) is 0.869. The fourth-order valence-corrected chi connectivity index (χ4v) is 8.46. The van der Waals surface area contributed by atoms with Crippen molar-refractivity contribution in [3.05, 3.63) is 101 Å². The molecule has 2 aromatic carbocycles. The van der Waals surface area contributed by atoms with Crippen LogP contribution in [-0.2, 0) is 20.7 Å². The molecule has 0 saturated carbocycles. The van der Waals surface area contributed by atoms with E-state index in [1.807, 2.05) is 71.4 Å². The largest absolute Gasteiger partial charge is 0.484 e. The second-order valence-electron chi connectivity index (χ2n) is 10.6. The molecule has 4 aliphatic rings. The maximum absolute atomic E-state index is 12.6. The summed E-state index contributed by atoms with van der Waals surface area (Å²) in [5.41, 5.74) is -0.461. The third-order valence-corrected chi connectivity index (χ3v) is 11.0. The highest BCUT2D eigenvalue weighted by atomic mass is 79.9. The van der Waals surface area contributed by atoms with Gasteiger partial charge in [-0.15, -0.1) is 22.7 Å². The first-order chi connectivity index (χ1) is 21.2. The molecule has 2 fully saturated rings. The van der Waals surface area contributed by atoms with Gasteiger partial charge in [-0.3, -0.25) is 14.9 Å². The Labute approximate surface area is 289 Å². The SMILES string of the molecule is C.O=C1NC(=O)C2(CC(c3cccs3)Oc3ccc(Br)cc32)N1.O=C1NC(=S)NC12CC(c1cccs1)Oc1ccc(Br)cc12. The quantitative estimate of drug-likeness (QED) is 0.129. The number of halogens is 2. The van der Waals surface area contributed by atoms with Crippen LogP contribution in [-0.4, -0.2) is 23.0 Å². The molecule has 4 N–H and O–H groups in total. The zero-order valence-corrected chi connectivity index (χ0v) is 28.1. The summed E-state index contributed by atoms with van der Waals surface area (Å²) in [6.07, 6.45) is 0.433. The number of rotatable bonds is 2. The van der Waals surface area contributed by atoms with E-state index in [0.717, 1.165) is 24.3 Å². The van der Waals surface area contributed by atoms with E-state index < -0.39 is 17.1 Å². The summed E-state index contributed by atoms with van der Waals surface area (Å²) in [4.78, 5) is 39.0. The number of thiophene rings is 2. The third-order valence-electron chi connectivity index (χ3n) is 7.93. The molecule has 4 amide bonds. The predicted octanol–water partition coefficient (Wildman–Crippen LogP) is 6.94. The molecule has 0 bridgehead atoms. The standard InChI is InChI=1S/C15H11BrN2O3S.C15H11BrN2O2S2.CH4/c16-8-3-4-10-9(6-8)15(13(19)17-14(20)18-15)7-11(21-10)12-2-1-5-22-12;16-8-3-4-10-9(6-8)15(13(19)17-14(21)18-15)7-11(20-10)12-2-1-5-22-12;/h1-6,11H,7H2,(H2,17,18,19,20);1-6,11H,7H2,(H2,17,18,19,21);1H4. The molecule has 0 radical (unpaired) electrons. The number of nitrogens with one attached hydrogen (secondary N) is 4. The van der Waals surface area contributed by atoms with Gasteiger partial charge < -0.3 is 25.4 Å². The summed E-state index contributed by atoms with van der Waals surface area (Å²) >= 11 is 15.2. The number of benzene rings is 2. The average molecular weight is 791 g/mol. The molecule has 4 unspecified atom stereocenters. The summed E-state index contributed by atoms with van der Waals surface area (Å²) in [6.45, 7) is 0. The number of fused-ring (bicyclic) bond motifs is 4. The number of imide groups is 1. The van der Waals surface area contributed by atoms with Gasteiger partial charge in [0.2, 0.25) is 0 Å². The molecule has 8 rings (SSSR count). The van der Waals surface area contributed by atoms with Crippen molar-refractivity contribution in [3.63, 3.8) is 0 Å². The van der Waals surface area contributed by atoms with Crippen molar-refractivity contribution in [2.75, 3.05) is 0 Å². The molecule has 4 aliphatic heterocycles. The molecule has 14 heteroatoms. The lowest BCUT2D eigenvalue weighted by Gasteiger charge is -2.37. The summed E-state index contributed by atoms with van der Waals surface area (Å²) in [7, 11) is 0. The molecule has 9 nitrogen and oxygen atoms in total. The van der Waals surface area contributed by atoms with E-state index in [2.05, 4.69) is 53.1 Å². The first kappa shape index (κ1) is 31.7. The Balaban J connectivity index is 0.000000155. The van der Waals surface area contributed by atoms with Gasteiger partial charge in [0.25, 0.3) is 11.8 Å². The molecule has 4 atom stereocenters. The van der Waals surface area contributed by atoms with Gasteiger partial charge in [-0.05, 0) is 71.5 Å². The number of hydrogen-bond acceptors (Lipinski definition) is 8. The van der Waals surface area contributed by atoms with Crippen LogP contribution >= 0.6 is 66.8 Å². The molecule has 4 aromatic rings. The highest BCUT2D eigenvalue weighted by Gasteiger charge is 2.54. The van der Waals surface area contributed by atoms with Crippen LogP contribution in [0.2, 0.25) is 0 Å². The van der Waals surface area contributed by atoms with E-state index in [9.17, 15) is 14.4 Å². The lowest BCUT2D eigenvalue weighted by Crippen LogP contribution is -2.48. The summed E-state index contributed by atoms with van der Waals surface area (Å²) in [5, 5.41) is 15.4. The van der Waals surface area contributed by atoms with Crippen molar-refractivity contribution in [2.24, 2.45) is 0 Å². The van der Waals surface area contributed by atoms with Gasteiger partial charge in [0.15, 0.2) is 16.2 Å². The summed E-state index contributed by atoms with van der Waals surface area (Å²) < 4.78 is 13.9. The van der Waals surface area contributed by atoms with E-state index in [1.54, 1.807) is 22.7 Å². The minimum atomic E-state index is -1.08. The first-order valence-electron chi connectivity index (χ1n) is 13.4. The highest BCUT2D eigenvalue weighted by Crippen LogP contribution is 2.49. The van der Waals surface area contributed by atoms with E-state index in [1.165, 1.54) is 0 Å². The fraction of sp³-hybridized carbons (Fsp3) is 0.226. The van der Waals surface area contributed by atoms with Gasteiger partial charge in [0.1, 0.15) is 23.7 Å². The maximum Gasteiger partial charge on any atom is 0.322 e. The molecule has 6 heterocycles. The Morgan fingerprint density at radius 3 is 1.62 bits per heavy atom. The molecule has 0 aliphatic carbocycles. The number of carbonyl (C=O) groups excluding carboxylic acids is 3. The molecule has 2 spiro atoms. The number of ether oxygens (including phenoxy) is 2. The molecular weight excluding hydrogens is 764 g/mol. The maximum atomic E-state index is 12.6. The van der Waals surface area contributed by atoms with Gasteiger partial charge in [-0.2, -0.15) is 0 Å². The van der Waals surface area contributed by atoms with Crippen LogP contribution in [0.25, 0.3) is 0 Å². The topological polar surface area (TPSA) is 118 Å². The second-order valence-corrected chi connectivity index (χ2v) is 14.8. The van der Waals surface area contributed by atoms with Crippen LogP contribution in [0, 0.1) is 0 Å². The zero-order chi connectivity index (χ0) is 30.6. The number of amides is 4. The molecule has 45 heavy (non-hydrogen) atoms. The van der Waals surface area contributed by atoms with E-state index in [4.69, 9.17) is 21.7 Å². The molecule has 232 valence electrons. The van der Waals surface area contributed by atoms with Crippen LogP contribution in [0.15, 0.2) is 80.4 Å². The number of thiocarbonyl (C=S) groups is 1. The lowest BCUT2D eigenvalue weighted by molar-refractivity contribution is -0.126. The van der Waals surface area contributed by atoms with Crippen LogP contribution < -0.4 is 30.7 Å². The van der Waals surface area contributed by atoms with Crippen molar-refractivity contribution >= 4 is 89.7 Å². The van der Waals surface area contributed by atoms with Gasteiger partial charge in [-0.25, -0.2) is 4.79 Å². The average Bonchev–Trinajstić information content (AvgIpc) is 3.80. The zero-order valence-electron chi connectivity index (χ0n) is 22.5. The van der Waals surface area contributed by atoms with Crippen molar-refractivity contribution in [1.29, 1.82) is 0 Å². The molecule has 2 aromatic heterocycles. The second kappa shape index (κ2) is 12.1. The van der Waals surface area contributed by atoms with E-state index in [0.29, 0.717) is 35.0 Å². The van der Waals surface area contributed by atoms with E-state index >= 15 is 0 Å². The van der Waals surface area contributed by atoms with Gasteiger partial charge >= 0.3 is 6.03 Å². The predicted molar refractivity (Wildman–Crippen MR) is 184 cm³/mol. The number of urea groups is 1. The first-order valence-corrected chi connectivity index (χ1v) is 17.2. The highest BCUT2D eigenvalue weighted by molar-refractivity contribution is 9.10. The van der Waals surface area contributed by atoms with Crippen molar-refractivity contribution in [1.82, 2.24) is 21.3 Å². The van der Waals surface area contributed by atoms with Crippen LogP contribution in [0.4, 0.5) is 4.79 Å². The minimum absolute atomic E-state index is 0. The van der Waals surface area contributed by atoms with Crippen molar-refractivity contribution in [2.45, 2.75) is 43.6 Å². The van der Waals surface area contributed by atoms with Gasteiger partial charge in [-0.1, -0.05) is 51.4 Å². The van der Waals surface area contributed by atoms with Gasteiger partial charge in [0, 0.05) is 42.7 Å². The van der Waals surface area contributed by atoms with Crippen LogP contribution in [0.1, 0.15) is 53.4 Å². The number of hydrogen-bond donors (Lipinski definition) is 4. The minimum Gasteiger partial charge on any atom is -0.484 e. The lowest BCUT2D eigenvalue weighted by atomic mass is 9.81. The Morgan fingerprint density at radius 2 is 1.22 bits per heavy atom. The Hall–Kier alpha value is -3.30. The van der Waals surface area contributed by atoms with Gasteiger partial charge in [0.05, 0.1) is 0 Å². The Bertz CT molecular complexity index is 1690. The Kier molecular flexibility index (Phi) is 8.54. The Morgan fingerprint density at radius 1 is 0.733 bits per heavy atom.